The largest absolute Gasteiger partial charge is 0.406 e. The van der Waals surface area contributed by atoms with Crippen LogP contribution in [0, 0.1) is 5.92 Å². The van der Waals surface area contributed by atoms with Crippen molar-refractivity contribution in [1.29, 1.82) is 0 Å². The molecule has 1 amide bonds. The van der Waals surface area contributed by atoms with Gasteiger partial charge in [-0.2, -0.15) is 13.2 Å². The van der Waals surface area contributed by atoms with Gasteiger partial charge >= 0.3 is 6.18 Å². The van der Waals surface area contributed by atoms with Crippen LogP contribution < -0.4 is 20.4 Å². The van der Waals surface area contributed by atoms with E-state index in [1.165, 1.54) is 0 Å². The summed E-state index contributed by atoms with van der Waals surface area (Å²) in [7, 11) is 0. The van der Waals surface area contributed by atoms with Gasteiger partial charge in [0, 0.05) is 42.5 Å². The Morgan fingerprint density at radius 1 is 1.11 bits per heavy atom. The fourth-order valence-electron chi connectivity index (χ4n) is 6.26. The number of carbonyl (C=O) groups is 1. The molecule has 0 radical (unpaired) electrons. The van der Waals surface area contributed by atoms with E-state index in [1.807, 2.05) is 23.1 Å². The molecule has 0 bridgehead atoms. The molecule has 204 valence electrons. The number of nitrogens with one attached hydrogen (secondary N) is 2. The van der Waals surface area contributed by atoms with Crippen molar-refractivity contribution in [3.8, 4) is 0 Å². The Labute approximate surface area is 220 Å². The Morgan fingerprint density at radius 2 is 1.87 bits per heavy atom. The van der Waals surface area contributed by atoms with Crippen molar-refractivity contribution in [2.45, 2.75) is 69.2 Å². The topological polar surface area (TPSA) is 69.7 Å². The molecule has 1 saturated heterocycles. The Hall–Kier alpha value is -2.85. The summed E-state index contributed by atoms with van der Waals surface area (Å²) in [4.78, 5) is 22.6. The van der Waals surface area contributed by atoms with E-state index in [4.69, 9.17) is 4.74 Å². The molecule has 4 aliphatic rings. The van der Waals surface area contributed by atoms with Crippen molar-refractivity contribution in [2.24, 2.45) is 5.92 Å². The number of benzene rings is 1. The molecule has 3 fully saturated rings. The van der Waals surface area contributed by atoms with Crippen LogP contribution in [0.3, 0.4) is 0 Å². The second-order valence-corrected chi connectivity index (χ2v) is 11.0. The van der Waals surface area contributed by atoms with Crippen LogP contribution >= 0.6 is 0 Å². The predicted octanol–water partition coefficient (Wildman–Crippen LogP) is 5.14. The molecule has 2 aliphatic heterocycles. The zero-order valence-electron chi connectivity index (χ0n) is 21.4. The van der Waals surface area contributed by atoms with E-state index in [0.29, 0.717) is 51.9 Å². The quantitative estimate of drug-likeness (QED) is 0.572. The number of amides is 1. The summed E-state index contributed by atoms with van der Waals surface area (Å²) in [6, 6.07) is 9.75. The predicted molar refractivity (Wildman–Crippen MR) is 140 cm³/mol. The molecule has 0 spiro atoms. The van der Waals surface area contributed by atoms with Gasteiger partial charge in [-0.1, -0.05) is 6.07 Å². The van der Waals surface area contributed by atoms with Gasteiger partial charge < -0.3 is 25.2 Å². The van der Waals surface area contributed by atoms with Crippen LogP contribution in [0.1, 0.15) is 50.5 Å². The molecule has 2 N–H and O–H groups in total. The summed E-state index contributed by atoms with van der Waals surface area (Å²) in [5.74, 6) is 0.528. The third-order valence-electron chi connectivity index (χ3n) is 8.69. The van der Waals surface area contributed by atoms with Gasteiger partial charge in [-0.05, 0) is 69.2 Å². The maximum absolute atomic E-state index is 14.0. The maximum Gasteiger partial charge on any atom is 0.406 e. The first kappa shape index (κ1) is 25.4. The van der Waals surface area contributed by atoms with Crippen LogP contribution in [0.25, 0.3) is 0 Å². The first-order chi connectivity index (χ1) is 18.3. The van der Waals surface area contributed by atoms with Crippen molar-refractivity contribution >= 4 is 28.8 Å². The minimum Gasteiger partial charge on any atom is -0.378 e. The summed E-state index contributed by atoms with van der Waals surface area (Å²) < 4.78 is 46.6. The molecule has 3 heterocycles. The molecular weight excluding hydrogens is 495 g/mol. The Bertz CT molecular complexity index is 1170. The maximum atomic E-state index is 14.0. The lowest BCUT2D eigenvalue weighted by atomic mass is 9.74. The first-order valence-corrected chi connectivity index (χ1v) is 13.7. The highest BCUT2D eigenvalue weighted by atomic mass is 19.4. The van der Waals surface area contributed by atoms with Gasteiger partial charge in [0.15, 0.2) is 0 Å². The molecule has 10 heteroatoms. The van der Waals surface area contributed by atoms with Crippen molar-refractivity contribution < 1.29 is 22.7 Å². The fourth-order valence-corrected chi connectivity index (χ4v) is 6.26. The number of alkyl halides is 3. The average Bonchev–Trinajstić information content (AvgIpc) is 3.07. The van der Waals surface area contributed by atoms with Crippen LogP contribution in [-0.4, -0.2) is 55.0 Å². The normalized spacial score (nSPS) is 24.9. The lowest BCUT2D eigenvalue weighted by molar-refractivity contribution is -0.222. The zero-order valence-corrected chi connectivity index (χ0v) is 21.4. The molecule has 1 aromatic carbocycles. The van der Waals surface area contributed by atoms with E-state index < -0.39 is 11.7 Å². The van der Waals surface area contributed by atoms with Crippen molar-refractivity contribution in [3.05, 3.63) is 42.1 Å². The number of hydrogen-bond donors (Lipinski definition) is 2. The summed E-state index contributed by atoms with van der Waals surface area (Å²) in [6.45, 7) is 3.31. The third-order valence-corrected chi connectivity index (χ3v) is 8.69. The van der Waals surface area contributed by atoms with Crippen LogP contribution in [-0.2, 0) is 16.1 Å². The number of morpholine rings is 1. The first-order valence-electron chi connectivity index (χ1n) is 13.7. The number of aromatic nitrogens is 1. The van der Waals surface area contributed by atoms with Gasteiger partial charge in [0.1, 0.15) is 11.4 Å². The number of pyridine rings is 1. The molecule has 7 nitrogen and oxygen atoms in total. The van der Waals surface area contributed by atoms with E-state index in [0.717, 1.165) is 41.5 Å². The molecule has 2 saturated carbocycles. The Morgan fingerprint density at radius 3 is 2.55 bits per heavy atom. The highest BCUT2D eigenvalue weighted by Crippen LogP contribution is 2.46. The smallest absolute Gasteiger partial charge is 0.378 e. The number of rotatable bonds is 4. The Balaban J connectivity index is 1.22. The average molecular weight is 530 g/mol. The van der Waals surface area contributed by atoms with Crippen molar-refractivity contribution in [3.63, 3.8) is 0 Å². The number of anilines is 4. The van der Waals surface area contributed by atoms with Crippen LogP contribution in [0.4, 0.5) is 36.1 Å². The summed E-state index contributed by atoms with van der Waals surface area (Å²) >= 11 is 0. The summed E-state index contributed by atoms with van der Waals surface area (Å²) in [5, 5.41) is 6.36. The summed E-state index contributed by atoms with van der Waals surface area (Å²) in [6.07, 6.45) is 0.677. The second kappa shape index (κ2) is 10.0. The molecule has 2 aromatic rings. The number of fused-ring (bicyclic) bond motifs is 2. The monoisotopic (exact) mass is 529 g/mol. The number of hydrogen-bond acceptors (Lipinski definition) is 6. The zero-order chi connectivity index (χ0) is 26.3. The molecule has 1 aromatic heterocycles. The lowest BCUT2D eigenvalue weighted by Gasteiger charge is -2.47. The van der Waals surface area contributed by atoms with Gasteiger partial charge in [0.05, 0.1) is 31.1 Å². The molecule has 0 atom stereocenters. The fraction of sp³-hybridized carbons (Fsp3) is 0.571. The van der Waals surface area contributed by atoms with Crippen LogP contribution in [0.5, 0.6) is 0 Å². The van der Waals surface area contributed by atoms with Crippen molar-refractivity contribution in [2.75, 3.05) is 41.4 Å². The molecule has 0 unspecified atom stereocenters. The van der Waals surface area contributed by atoms with E-state index in [-0.39, 0.29) is 30.7 Å². The van der Waals surface area contributed by atoms with E-state index >= 15 is 0 Å². The Kier molecular flexibility index (Phi) is 6.72. The molecule has 2 aliphatic carbocycles. The SMILES string of the molecule is O=C([C@H]1CC[C@H](NC2(C(F)(F)F)CCC2)CC1)N1Cc2cccnc2Nc2ccc(N3CCOCC3)cc21. The van der Waals surface area contributed by atoms with Crippen molar-refractivity contribution in [1.82, 2.24) is 10.3 Å². The van der Waals surface area contributed by atoms with E-state index in [9.17, 15) is 18.0 Å². The van der Waals surface area contributed by atoms with Gasteiger partial charge in [0.2, 0.25) is 5.91 Å². The third kappa shape index (κ3) is 4.73. The molecular formula is C28H34F3N5O2. The molecule has 6 rings (SSSR count). The standard InChI is InChI=1S/C28H34F3N5O2/c29-28(30,31)27(10-2-11-27)34-21-6-4-19(5-7-21)26(37)36-18-20-3-1-12-32-25(20)33-23-9-8-22(17-24(23)36)35-13-15-38-16-14-35/h1,3,8-9,12,17,19,21,34H,2,4-7,10-11,13-16,18H2,(H,32,33)/t19-,21-. The molecule has 38 heavy (non-hydrogen) atoms. The number of carbonyl (C=O) groups excluding carboxylic acids is 1. The van der Waals surface area contributed by atoms with Gasteiger partial charge in [-0.3, -0.25) is 4.79 Å². The highest BCUT2D eigenvalue weighted by molar-refractivity contribution is 6.00. The van der Waals surface area contributed by atoms with Gasteiger partial charge in [-0.15, -0.1) is 0 Å². The van der Waals surface area contributed by atoms with E-state index in [1.54, 1.807) is 6.20 Å². The minimum absolute atomic E-state index is 0.0245. The number of halogens is 3. The van der Waals surface area contributed by atoms with Gasteiger partial charge in [0.25, 0.3) is 0 Å². The second-order valence-electron chi connectivity index (χ2n) is 11.0. The lowest BCUT2D eigenvalue weighted by Crippen LogP contribution is -2.64. The highest BCUT2D eigenvalue weighted by Gasteiger charge is 2.58. The minimum atomic E-state index is -4.24. The summed E-state index contributed by atoms with van der Waals surface area (Å²) in [5.41, 5.74) is 1.85. The van der Waals surface area contributed by atoms with E-state index in [2.05, 4.69) is 32.7 Å². The van der Waals surface area contributed by atoms with Gasteiger partial charge in [-0.25, -0.2) is 4.98 Å². The number of ether oxygens (including phenoxy) is 1. The number of nitrogens with zero attached hydrogens (tertiary/aromatic N) is 3. The van der Waals surface area contributed by atoms with Crippen LogP contribution in [0.2, 0.25) is 0 Å². The van der Waals surface area contributed by atoms with Crippen LogP contribution in [0.15, 0.2) is 36.5 Å².